The molecule has 1 fully saturated rings. The number of morpholine rings is 1. The summed E-state index contributed by atoms with van der Waals surface area (Å²) in [5.74, 6) is 0. The summed E-state index contributed by atoms with van der Waals surface area (Å²) in [4.78, 5) is 0. The van der Waals surface area contributed by atoms with Crippen molar-refractivity contribution >= 4 is 19.9 Å². The SMILES string of the molecule is C[C@@H]1CN(S(=O)(=O)Cl)[C@H](C)CO1. The molecule has 12 heavy (non-hydrogen) atoms. The monoisotopic (exact) mass is 213 g/mol. The van der Waals surface area contributed by atoms with Gasteiger partial charge in [0, 0.05) is 23.3 Å². The lowest BCUT2D eigenvalue weighted by atomic mass is 10.2. The molecule has 0 radical (unpaired) electrons. The highest BCUT2D eigenvalue weighted by atomic mass is 35.7. The van der Waals surface area contributed by atoms with E-state index in [1.807, 2.05) is 6.92 Å². The maximum absolute atomic E-state index is 11.0. The summed E-state index contributed by atoms with van der Waals surface area (Å²) in [6, 6.07) is -0.163. The van der Waals surface area contributed by atoms with Crippen LogP contribution in [0.25, 0.3) is 0 Å². The molecule has 0 spiro atoms. The Balaban J connectivity index is 2.74. The molecule has 0 aromatic heterocycles. The van der Waals surface area contributed by atoms with Crippen molar-refractivity contribution in [2.45, 2.75) is 26.0 Å². The normalized spacial score (nSPS) is 33.6. The number of ether oxygens (including phenoxy) is 1. The summed E-state index contributed by atoms with van der Waals surface area (Å²) in [6.45, 7) is 4.34. The van der Waals surface area contributed by atoms with Gasteiger partial charge < -0.3 is 4.74 Å². The summed E-state index contributed by atoms with van der Waals surface area (Å²) >= 11 is 0. The summed E-state index contributed by atoms with van der Waals surface area (Å²) in [6.07, 6.45) is -0.0743. The molecule has 0 N–H and O–H groups in total. The Hall–Kier alpha value is 0.160. The largest absolute Gasteiger partial charge is 0.375 e. The second-order valence-electron chi connectivity index (χ2n) is 3.00. The fourth-order valence-corrected chi connectivity index (χ4v) is 2.63. The Kier molecular flexibility index (Phi) is 2.98. The quantitative estimate of drug-likeness (QED) is 0.599. The van der Waals surface area contributed by atoms with Gasteiger partial charge in [-0.05, 0) is 13.8 Å². The third kappa shape index (κ3) is 2.32. The van der Waals surface area contributed by atoms with Gasteiger partial charge in [-0.25, -0.2) is 0 Å². The van der Waals surface area contributed by atoms with Crippen LogP contribution < -0.4 is 0 Å². The molecule has 1 saturated heterocycles. The van der Waals surface area contributed by atoms with E-state index in [1.165, 1.54) is 4.31 Å². The van der Waals surface area contributed by atoms with E-state index in [0.717, 1.165) is 0 Å². The minimum Gasteiger partial charge on any atom is -0.375 e. The Morgan fingerprint density at radius 1 is 1.50 bits per heavy atom. The van der Waals surface area contributed by atoms with Gasteiger partial charge in [0.15, 0.2) is 0 Å². The number of rotatable bonds is 1. The van der Waals surface area contributed by atoms with E-state index in [4.69, 9.17) is 15.4 Å². The Labute approximate surface area is 77.0 Å². The summed E-state index contributed by atoms with van der Waals surface area (Å²) in [5, 5.41) is 0. The van der Waals surface area contributed by atoms with Crippen molar-refractivity contribution < 1.29 is 13.2 Å². The van der Waals surface area contributed by atoms with Crippen molar-refractivity contribution in [1.29, 1.82) is 0 Å². The maximum atomic E-state index is 11.0. The average molecular weight is 214 g/mol. The second kappa shape index (κ2) is 3.49. The highest BCUT2D eigenvalue weighted by molar-refractivity contribution is 8.11. The Morgan fingerprint density at radius 3 is 2.50 bits per heavy atom. The second-order valence-corrected chi connectivity index (χ2v) is 5.47. The van der Waals surface area contributed by atoms with Crippen LogP contribution in [0.2, 0.25) is 0 Å². The van der Waals surface area contributed by atoms with Crippen LogP contribution in [0.3, 0.4) is 0 Å². The van der Waals surface area contributed by atoms with Crippen molar-refractivity contribution in [3.8, 4) is 0 Å². The van der Waals surface area contributed by atoms with E-state index in [1.54, 1.807) is 6.92 Å². The minimum atomic E-state index is -3.58. The first kappa shape index (κ1) is 10.2. The first-order valence-corrected chi connectivity index (χ1v) is 6.01. The molecule has 4 nitrogen and oxygen atoms in total. The Bertz CT molecular complexity index is 254. The highest BCUT2D eigenvalue weighted by Crippen LogP contribution is 2.17. The maximum Gasteiger partial charge on any atom is 0.300 e. The van der Waals surface area contributed by atoms with Gasteiger partial charge in [0.1, 0.15) is 0 Å². The predicted octanol–water partition coefficient (Wildman–Crippen LogP) is 0.579. The van der Waals surface area contributed by atoms with Gasteiger partial charge in [-0.3, -0.25) is 0 Å². The van der Waals surface area contributed by atoms with Crippen molar-refractivity contribution in [2.75, 3.05) is 13.2 Å². The Morgan fingerprint density at radius 2 is 2.08 bits per heavy atom. The van der Waals surface area contributed by atoms with Crippen LogP contribution in [-0.2, 0) is 14.0 Å². The van der Waals surface area contributed by atoms with Crippen molar-refractivity contribution in [3.05, 3.63) is 0 Å². The number of hydrogen-bond donors (Lipinski definition) is 0. The average Bonchev–Trinajstić information content (AvgIpc) is 1.92. The summed E-state index contributed by atoms with van der Waals surface area (Å²) < 4.78 is 28.5. The number of nitrogens with zero attached hydrogens (tertiary/aromatic N) is 1. The van der Waals surface area contributed by atoms with Crippen LogP contribution in [0.5, 0.6) is 0 Å². The molecule has 0 aromatic rings. The van der Waals surface area contributed by atoms with E-state index in [9.17, 15) is 8.42 Å². The van der Waals surface area contributed by atoms with Gasteiger partial charge in [0.2, 0.25) is 0 Å². The molecule has 1 aliphatic rings. The lowest BCUT2D eigenvalue weighted by Gasteiger charge is -2.33. The van der Waals surface area contributed by atoms with Gasteiger partial charge in [-0.1, -0.05) is 0 Å². The molecule has 0 aliphatic carbocycles. The fraction of sp³-hybridized carbons (Fsp3) is 1.00. The molecule has 2 atom stereocenters. The van der Waals surface area contributed by atoms with Gasteiger partial charge in [0.05, 0.1) is 12.7 Å². The fourth-order valence-electron chi connectivity index (χ4n) is 1.18. The molecule has 0 bridgehead atoms. The molecule has 1 aliphatic heterocycles. The molecule has 0 aromatic carbocycles. The zero-order valence-corrected chi connectivity index (χ0v) is 8.60. The third-order valence-electron chi connectivity index (χ3n) is 1.83. The topological polar surface area (TPSA) is 46.6 Å². The van der Waals surface area contributed by atoms with Gasteiger partial charge in [-0.15, -0.1) is 0 Å². The van der Waals surface area contributed by atoms with Gasteiger partial charge in [-0.2, -0.15) is 12.7 Å². The molecule has 72 valence electrons. The zero-order valence-electron chi connectivity index (χ0n) is 7.03. The smallest absolute Gasteiger partial charge is 0.300 e. The van der Waals surface area contributed by atoms with E-state index in [-0.39, 0.29) is 12.1 Å². The highest BCUT2D eigenvalue weighted by Gasteiger charge is 2.31. The summed E-state index contributed by atoms with van der Waals surface area (Å²) in [5.41, 5.74) is 0. The van der Waals surface area contributed by atoms with Crippen molar-refractivity contribution in [3.63, 3.8) is 0 Å². The van der Waals surface area contributed by atoms with E-state index in [0.29, 0.717) is 13.2 Å². The number of halogens is 1. The molecule has 0 unspecified atom stereocenters. The molecule has 1 rings (SSSR count). The van der Waals surface area contributed by atoms with Crippen LogP contribution in [-0.4, -0.2) is 38.0 Å². The predicted molar refractivity (Wildman–Crippen MR) is 46.4 cm³/mol. The lowest BCUT2D eigenvalue weighted by molar-refractivity contribution is -0.0162. The van der Waals surface area contributed by atoms with Crippen LogP contribution in [0.4, 0.5) is 0 Å². The standard InChI is InChI=1S/C6H12ClNO3S/c1-5-4-11-6(2)3-8(5)12(7,9)10/h5-6H,3-4H2,1-2H3/t5-,6-/m1/s1. The van der Waals surface area contributed by atoms with Gasteiger partial charge >= 0.3 is 0 Å². The van der Waals surface area contributed by atoms with Crippen LogP contribution in [0.15, 0.2) is 0 Å². The third-order valence-corrected chi connectivity index (χ3v) is 3.43. The zero-order chi connectivity index (χ0) is 9.35. The lowest BCUT2D eigenvalue weighted by Crippen LogP contribution is -2.48. The molecule has 0 saturated carbocycles. The molecule has 0 amide bonds. The molecular formula is C6H12ClNO3S. The first-order valence-electron chi connectivity index (χ1n) is 3.74. The summed E-state index contributed by atoms with van der Waals surface area (Å²) in [7, 11) is 1.63. The molecule has 1 heterocycles. The van der Waals surface area contributed by atoms with Crippen molar-refractivity contribution in [1.82, 2.24) is 4.31 Å². The van der Waals surface area contributed by atoms with Crippen LogP contribution in [0, 0.1) is 0 Å². The first-order chi connectivity index (χ1) is 5.41. The van der Waals surface area contributed by atoms with E-state index < -0.39 is 9.24 Å². The minimum absolute atomic E-state index is 0.0743. The van der Waals surface area contributed by atoms with Gasteiger partial charge in [0.25, 0.3) is 9.24 Å². The number of hydrogen-bond acceptors (Lipinski definition) is 3. The molecular weight excluding hydrogens is 202 g/mol. The molecule has 6 heteroatoms. The van der Waals surface area contributed by atoms with E-state index in [2.05, 4.69) is 0 Å². The van der Waals surface area contributed by atoms with Crippen LogP contribution in [0.1, 0.15) is 13.8 Å². The van der Waals surface area contributed by atoms with Crippen molar-refractivity contribution in [2.24, 2.45) is 0 Å². The van der Waals surface area contributed by atoms with Crippen LogP contribution >= 0.6 is 10.7 Å². The van der Waals surface area contributed by atoms with E-state index >= 15 is 0 Å².